The van der Waals surface area contributed by atoms with Crippen molar-refractivity contribution >= 4 is 5.91 Å². The number of benzene rings is 1. The maximum absolute atomic E-state index is 12.3. The first-order valence-corrected chi connectivity index (χ1v) is 7.55. The molecular formula is C17H22N2O. The minimum absolute atomic E-state index is 0.0560. The number of nitrogens with zero attached hydrogens (tertiary/aromatic N) is 1. The van der Waals surface area contributed by atoms with Crippen molar-refractivity contribution in [1.82, 2.24) is 5.32 Å². The molecule has 1 N–H and O–H groups in total. The Bertz CT molecular complexity index is 498. The van der Waals surface area contributed by atoms with Crippen molar-refractivity contribution in [2.45, 2.75) is 51.5 Å². The second kappa shape index (κ2) is 7.09. The highest BCUT2D eigenvalue weighted by molar-refractivity contribution is 5.94. The number of hydrogen-bond acceptors (Lipinski definition) is 2. The van der Waals surface area contributed by atoms with Crippen LogP contribution in [0.25, 0.3) is 0 Å². The van der Waals surface area contributed by atoms with Gasteiger partial charge in [-0.25, -0.2) is 0 Å². The minimum atomic E-state index is -0.0560. The lowest BCUT2D eigenvalue weighted by molar-refractivity contribution is 0.0911. The van der Waals surface area contributed by atoms with E-state index < -0.39 is 0 Å². The smallest absolute Gasteiger partial charge is 0.251 e. The molecular weight excluding hydrogens is 248 g/mol. The van der Waals surface area contributed by atoms with Gasteiger partial charge in [0.05, 0.1) is 11.6 Å². The van der Waals surface area contributed by atoms with Crippen molar-refractivity contribution in [2.24, 2.45) is 5.92 Å². The van der Waals surface area contributed by atoms with Crippen LogP contribution in [0.4, 0.5) is 0 Å². The van der Waals surface area contributed by atoms with Crippen molar-refractivity contribution in [2.75, 3.05) is 0 Å². The number of rotatable bonds is 4. The topological polar surface area (TPSA) is 52.9 Å². The summed E-state index contributed by atoms with van der Waals surface area (Å²) in [6, 6.07) is 9.23. The predicted octanol–water partition coefficient (Wildman–Crippen LogP) is 3.65. The molecule has 1 fully saturated rings. The molecule has 0 spiro atoms. The van der Waals surface area contributed by atoms with Gasteiger partial charge in [-0.2, -0.15) is 5.26 Å². The Labute approximate surface area is 121 Å². The Balaban J connectivity index is 2.02. The molecule has 0 aromatic heterocycles. The van der Waals surface area contributed by atoms with E-state index in [0.29, 0.717) is 17.0 Å². The van der Waals surface area contributed by atoms with Gasteiger partial charge in [-0.1, -0.05) is 32.3 Å². The van der Waals surface area contributed by atoms with Crippen molar-refractivity contribution in [1.29, 1.82) is 5.26 Å². The summed E-state index contributed by atoms with van der Waals surface area (Å²) in [4.78, 5) is 12.3. The lowest BCUT2D eigenvalue weighted by Crippen LogP contribution is -2.40. The average Bonchev–Trinajstić information content (AvgIpc) is 2.53. The molecule has 0 heterocycles. The van der Waals surface area contributed by atoms with Crippen LogP contribution in [0, 0.1) is 17.2 Å². The Morgan fingerprint density at radius 1 is 1.40 bits per heavy atom. The van der Waals surface area contributed by atoms with Gasteiger partial charge >= 0.3 is 0 Å². The molecule has 0 aliphatic heterocycles. The maximum atomic E-state index is 12.3. The number of hydrogen-bond donors (Lipinski definition) is 1. The van der Waals surface area contributed by atoms with Crippen LogP contribution in [0.2, 0.25) is 0 Å². The lowest BCUT2D eigenvalue weighted by atomic mass is 9.83. The summed E-state index contributed by atoms with van der Waals surface area (Å²) in [5.41, 5.74) is 1.11. The quantitative estimate of drug-likeness (QED) is 0.908. The summed E-state index contributed by atoms with van der Waals surface area (Å²) in [5, 5.41) is 12.0. The van der Waals surface area contributed by atoms with Gasteiger partial charge in [-0.05, 0) is 43.4 Å². The van der Waals surface area contributed by atoms with E-state index >= 15 is 0 Å². The molecule has 1 saturated carbocycles. The standard InChI is InChI=1S/C17H22N2O/c1-2-16(14-8-4-3-5-9-14)19-17(20)15-10-6-7-13(11-15)12-18/h6-7,10-11,14,16H,2-5,8-9H2,1H3,(H,19,20). The zero-order valence-corrected chi connectivity index (χ0v) is 12.1. The van der Waals surface area contributed by atoms with Gasteiger partial charge in [-0.15, -0.1) is 0 Å². The van der Waals surface area contributed by atoms with Crippen molar-refractivity contribution in [3.05, 3.63) is 35.4 Å². The Hall–Kier alpha value is -1.82. The third kappa shape index (κ3) is 3.60. The zero-order valence-electron chi connectivity index (χ0n) is 12.1. The zero-order chi connectivity index (χ0) is 14.4. The highest BCUT2D eigenvalue weighted by atomic mass is 16.1. The molecule has 1 aliphatic rings. The van der Waals surface area contributed by atoms with E-state index in [4.69, 9.17) is 5.26 Å². The third-order valence-electron chi connectivity index (χ3n) is 4.23. The van der Waals surface area contributed by atoms with Crippen LogP contribution in [0.15, 0.2) is 24.3 Å². The summed E-state index contributed by atoms with van der Waals surface area (Å²) in [6.07, 6.45) is 7.29. The molecule has 0 radical (unpaired) electrons. The van der Waals surface area contributed by atoms with Gasteiger partial charge < -0.3 is 5.32 Å². The number of carbonyl (C=O) groups is 1. The molecule has 1 atom stereocenters. The van der Waals surface area contributed by atoms with Crippen molar-refractivity contribution in [3.8, 4) is 6.07 Å². The number of nitrogens with one attached hydrogen (secondary N) is 1. The van der Waals surface area contributed by atoms with Crippen LogP contribution < -0.4 is 5.32 Å². The van der Waals surface area contributed by atoms with E-state index in [9.17, 15) is 4.79 Å². The fraction of sp³-hybridized carbons (Fsp3) is 0.529. The Kier molecular flexibility index (Phi) is 5.17. The molecule has 20 heavy (non-hydrogen) atoms. The first kappa shape index (κ1) is 14.6. The molecule has 1 amide bonds. The fourth-order valence-electron chi connectivity index (χ4n) is 3.07. The molecule has 1 unspecified atom stereocenters. The molecule has 1 aromatic rings. The summed E-state index contributed by atoms with van der Waals surface area (Å²) < 4.78 is 0. The van der Waals surface area contributed by atoms with Crippen LogP contribution in [0.1, 0.15) is 61.4 Å². The highest BCUT2D eigenvalue weighted by Gasteiger charge is 2.24. The van der Waals surface area contributed by atoms with Gasteiger partial charge in [0.25, 0.3) is 5.91 Å². The molecule has 3 heteroatoms. The fourth-order valence-corrected chi connectivity index (χ4v) is 3.07. The normalized spacial score (nSPS) is 17.2. The second-order valence-electron chi connectivity index (χ2n) is 5.58. The number of carbonyl (C=O) groups excluding carboxylic acids is 1. The molecule has 1 aliphatic carbocycles. The first-order valence-electron chi connectivity index (χ1n) is 7.55. The van der Waals surface area contributed by atoms with E-state index in [-0.39, 0.29) is 11.9 Å². The maximum Gasteiger partial charge on any atom is 0.251 e. The second-order valence-corrected chi connectivity index (χ2v) is 5.58. The van der Waals surface area contributed by atoms with Gasteiger partial charge in [0.1, 0.15) is 0 Å². The van der Waals surface area contributed by atoms with Crippen molar-refractivity contribution in [3.63, 3.8) is 0 Å². The van der Waals surface area contributed by atoms with Gasteiger partial charge in [0.2, 0.25) is 0 Å². The van der Waals surface area contributed by atoms with Crippen LogP contribution in [0.3, 0.4) is 0 Å². The highest BCUT2D eigenvalue weighted by Crippen LogP contribution is 2.27. The van der Waals surface area contributed by atoms with E-state index in [0.717, 1.165) is 6.42 Å². The van der Waals surface area contributed by atoms with Gasteiger partial charge in [0.15, 0.2) is 0 Å². The summed E-state index contributed by atoms with van der Waals surface area (Å²) in [5.74, 6) is 0.552. The van der Waals surface area contributed by atoms with Gasteiger partial charge in [-0.3, -0.25) is 4.79 Å². The summed E-state index contributed by atoms with van der Waals surface area (Å²) in [7, 11) is 0. The Morgan fingerprint density at radius 2 is 2.15 bits per heavy atom. The lowest BCUT2D eigenvalue weighted by Gasteiger charge is -2.30. The Morgan fingerprint density at radius 3 is 2.80 bits per heavy atom. The van der Waals surface area contributed by atoms with Crippen LogP contribution in [-0.2, 0) is 0 Å². The summed E-state index contributed by atoms with van der Waals surface area (Å²) >= 11 is 0. The molecule has 106 valence electrons. The van der Waals surface area contributed by atoms with Crippen molar-refractivity contribution < 1.29 is 4.79 Å². The van der Waals surface area contributed by atoms with E-state index in [1.54, 1.807) is 24.3 Å². The minimum Gasteiger partial charge on any atom is -0.349 e. The largest absolute Gasteiger partial charge is 0.349 e. The molecule has 1 aromatic carbocycles. The SMILES string of the molecule is CCC(NC(=O)c1cccc(C#N)c1)C1CCCCC1. The van der Waals surface area contributed by atoms with Crippen LogP contribution in [0.5, 0.6) is 0 Å². The van der Waals surface area contributed by atoms with Crippen LogP contribution >= 0.6 is 0 Å². The molecule has 2 rings (SSSR count). The molecule has 0 saturated heterocycles. The third-order valence-corrected chi connectivity index (χ3v) is 4.23. The number of nitriles is 1. The average molecular weight is 270 g/mol. The monoisotopic (exact) mass is 270 g/mol. The molecule has 0 bridgehead atoms. The summed E-state index contributed by atoms with van der Waals surface area (Å²) in [6.45, 7) is 2.13. The van der Waals surface area contributed by atoms with Gasteiger partial charge in [0, 0.05) is 11.6 Å². The number of amides is 1. The van der Waals surface area contributed by atoms with E-state index in [1.165, 1.54) is 32.1 Å². The van der Waals surface area contributed by atoms with E-state index in [2.05, 4.69) is 18.3 Å². The first-order chi connectivity index (χ1) is 9.74. The predicted molar refractivity (Wildman–Crippen MR) is 79.3 cm³/mol. The molecule has 3 nitrogen and oxygen atoms in total. The van der Waals surface area contributed by atoms with E-state index in [1.807, 2.05) is 0 Å². The van der Waals surface area contributed by atoms with Crippen LogP contribution in [-0.4, -0.2) is 11.9 Å².